The molecule has 2 rings (SSSR count). The fourth-order valence-electron chi connectivity index (χ4n) is 3.35. The molecule has 0 aliphatic heterocycles. The average Bonchev–Trinajstić information content (AvgIpc) is 2.54. The zero-order valence-corrected chi connectivity index (χ0v) is 14.0. The molecule has 1 aromatic carbocycles. The highest BCUT2D eigenvalue weighted by atomic mass is 19.4. The molecule has 4 heteroatoms. The molecule has 0 N–H and O–H groups in total. The van der Waals surface area contributed by atoms with E-state index in [9.17, 15) is 17.6 Å². The Labute approximate surface area is 141 Å². The van der Waals surface area contributed by atoms with Gasteiger partial charge in [-0.05, 0) is 62.5 Å². The highest BCUT2D eigenvalue weighted by Crippen LogP contribution is 2.40. The van der Waals surface area contributed by atoms with Crippen LogP contribution in [0.2, 0.25) is 0 Å². The first-order chi connectivity index (χ1) is 11.4. The first kappa shape index (κ1) is 18.8. The van der Waals surface area contributed by atoms with Gasteiger partial charge in [0.2, 0.25) is 0 Å². The van der Waals surface area contributed by atoms with Crippen molar-refractivity contribution in [2.45, 2.75) is 57.5 Å². The maximum Gasteiger partial charge on any atom is 0.412 e. The Balaban J connectivity index is 1.89. The Hall–Kier alpha value is -1.58. The van der Waals surface area contributed by atoms with Crippen molar-refractivity contribution in [2.75, 3.05) is 0 Å². The number of aryl methyl sites for hydroxylation is 1. The van der Waals surface area contributed by atoms with Gasteiger partial charge in [-0.25, -0.2) is 4.39 Å². The number of hydrogen-bond acceptors (Lipinski definition) is 0. The molecule has 1 aliphatic carbocycles. The summed E-state index contributed by atoms with van der Waals surface area (Å²) in [6.45, 7) is 2.01. The normalized spacial score (nSPS) is 23.0. The smallest absolute Gasteiger partial charge is 0.212 e. The van der Waals surface area contributed by atoms with Crippen LogP contribution in [0.5, 0.6) is 0 Å². The summed E-state index contributed by atoms with van der Waals surface area (Å²) in [5.41, 5.74) is 2.49. The van der Waals surface area contributed by atoms with E-state index in [1.807, 2.05) is 13.0 Å². The van der Waals surface area contributed by atoms with Crippen molar-refractivity contribution in [3.05, 3.63) is 59.4 Å². The lowest BCUT2D eigenvalue weighted by atomic mass is 9.78. The lowest BCUT2D eigenvalue weighted by Crippen LogP contribution is -2.15. The van der Waals surface area contributed by atoms with E-state index in [1.165, 1.54) is 11.1 Å². The zero-order chi connectivity index (χ0) is 17.6. The summed E-state index contributed by atoms with van der Waals surface area (Å²) in [5.74, 6) is -1.27. The Kier molecular flexibility index (Phi) is 6.64. The van der Waals surface area contributed by atoms with E-state index in [1.54, 1.807) is 0 Å². The lowest BCUT2D eigenvalue weighted by Gasteiger charge is -2.28. The monoisotopic (exact) mass is 340 g/mol. The molecule has 0 nitrogen and oxygen atoms in total. The van der Waals surface area contributed by atoms with Gasteiger partial charge in [0.1, 0.15) is 5.83 Å². The van der Waals surface area contributed by atoms with Gasteiger partial charge in [-0.3, -0.25) is 0 Å². The molecule has 132 valence electrons. The third-order valence-corrected chi connectivity index (χ3v) is 4.71. The van der Waals surface area contributed by atoms with Gasteiger partial charge >= 0.3 is 6.18 Å². The second-order valence-corrected chi connectivity index (χ2v) is 6.47. The van der Waals surface area contributed by atoms with Gasteiger partial charge in [0.25, 0.3) is 0 Å². The van der Waals surface area contributed by atoms with Crippen molar-refractivity contribution >= 4 is 0 Å². The van der Waals surface area contributed by atoms with Gasteiger partial charge in [-0.15, -0.1) is 0 Å². The third kappa shape index (κ3) is 5.81. The van der Waals surface area contributed by atoms with Crippen molar-refractivity contribution < 1.29 is 17.6 Å². The molecule has 0 heterocycles. The molecule has 0 atom stereocenters. The first-order valence-corrected chi connectivity index (χ1v) is 8.54. The molecule has 0 saturated heterocycles. The quantitative estimate of drug-likeness (QED) is 0.404. The van der Waals surface area contributed by atoms with Crippen molar-refractivity contribution in [3.8, 4) is 0 Å². The topological polar surface area (TPSA) is 0 Å². The van der Waals surface area contributed by atoms with Gasteiger partial charge in [0.15, 0.2) is 0 Å². The number of hydrogen-bond donors (Lipinski definition) is 0. The van der Waals surface area contributed by atoms with Gasteiger partial charge in [-0.2, -0.15) is 13.2 Å². The van der Waals surface area contributed by atoms with Crippen molar-refractivity contribution in [3.63, 3.8) is 0 Å². The van der Waals surface area contributed by atoms with Gasteiger partial charge in [0.05, 0.1) is 6.08 Å². The predicted octanol–water partition coefficient (Wildman–Crippen LogP) is 6.88. The summed E-state index contributed by atoms with van der Waals surface area (Å²) in [7, 11) is 0. The molecular weight excluding hydrogens is 316 g/mol. The van der Waals surface area contributed by atoms with Crippen LogP contribution in [0.1, 0.15) is 56.1 Å². The minimum Gasteiger partial charge on any atom is -0.212 e. The molecular formula is C20H24F4. The summed E-state index contributed by atoms with van der Waals surface area (Å²) in [5, 5.41) is 0. The molecule has 0 spiro atoms. The Bertz CT molecular complexity index is 558. The summed E-state index contributed by atoms with van der Waals surface area (Å²) < 4.78 is 50.3. The van der Waals surface area contributed by atoms with E-state index in [0.717, 1.165) is 25.7 Å². The van der Waals surface area contributed by atoms with Crippen LogP contribution in [0.4, 0.5) is 17.6 Å². The second-order valence-electron chi connectivity index (χ2n) is 6.47. The molecule has 24 heavy (non-hydrogen) atoms. The van der Waals surface area contributed by atoms with Crippen molar-refractivity contribution in [1.82, 2.24) is 0 Å². The fraction of sp³-hybridized carbons (Fsp3) is 0.500. The number of benzene rings is 1. The Morgan fingerprint density at radius 3 is 2.25 bits per heavy atom. The average molecular weight is 340 g/mol. The standard InChI is InChI=1S/C20H24F4/c1-2-3-4-5-15-6-8-16(9-7-15)17-10-12-18(13-11-17)19(21)14-20(22,23)24/h2-3,6-9,14,17-18H,4-5,10-13H2,1H3. The summed E-state index contributed by atoms with van der Waals surface area (Å²) in [6.07, 6.45) is 3.89. The maximum atomic E-state index is 13.7. The van der Waals surface area contributed by atoms with Gasteiger partial charge in [0, 0.05) is 5.92 Å². The highest BCUT2D eigenvalue weighted by Gasteiger charge is 2.30. The van der Waals surface area contributed by atoms with Crippen LogP contribution >= 0.6 is 0 Å². The molecule has 0 aromatic heterocycles. The van der Waals surface area contributed by atoms with E-state index in [4.69, 9.17) is 0 Å². The fourth-order valence-corrected chi connectivity index (χ4v) is 3.35. The molecule has 1 fully saturated rings. The van der Waals surface area contributed by atoms with Crippen LogP contribution < -0.4 is 0 Å². The summed E-state index contributed by atoms with van der Waals surface area (Å²) in [6, 6.07) is 8.46. The van der Waals surface area contributed by atoms with E-state index in [0.29, 0.717) is 18.8 Å². The number of rotatable bonds is 5. The van der Waals surface area contributed by atoms with Gasteiger partial charge < -0.3 is 0 Å². The Morgan fingerprint density at radius 2 is 1.71 bits per heavy atom. The summed E-state index contributed by atoms with van der Waals surface area (Å²) >= 11 is 0. The van der Waals surface area contributed by atoms with Crippen LogP contribution in [0, 0.1) is 5.92 Å². The molecule has 1 aromatic rings. The van der Waals surface area contributed by atoms with Crippen LogP contribution in [-0.4, -0.2) is 6.18 Å². The molecule has 0 unspecified atom stereocenters. The SMILES string of the molecule is CC=CCCc1ccc(C2CCC(C(F)=CC(F)(F)F)CC2)cc1. The largest absolute Gasteiger partial charge is 0.412 e. The minimum atomic E-state index is -4.57. The zero-order valence-electron chi connectivity index (χ0n) is 14.0. The van der Waals surface area contributed by atoms with Crippen LogP contribution in [-0.2, 0) is 6.42 Å². The molecule has 1 aliphatic rings. The van der Waals surface area contributed by atoms with E-state index in [2.05, 4.69) is 30.3 Å². The number of alkyl halides is 3. The summed E-state index contributed by atoms with van der Waals surface area (Å²) in [4.78, 5) is 0. The number of allylic oxidation sites excluding steroid dienone is 4. The van der Waals surface area contributed by atoms with Crippen molar-refractivity contribution in [2.24, 2.45) is 5.92 Å². The van der Waals surface area contributed by atoms with Crippen LogP contribution in [0.3, 0.4) is 0 Å². The maximum absolute atomic E-state index is 13.7. The van der Waals surface area contributed by atoms with E-state index < -0.39 is 17.9 Å². The first-order valence-electron chi connectivity index (χ1n) is 8.54. The Morgan fingerprint density at radius 1 is 1.08 bits per heavy atom. The lowest BCUT2D eigenvalue weighted by molar-refractivity contribution is -0.0820. The van der Waals surface area contributed by atoms with Crippen molar-refractivity contribution in [1.29, 1.82) is 0 Å². The predicted molar refractivity (Wildman–Crippen MR) is 89.5 cm³/mol. The van der Waals surface area contributed by atoms with Gasteiger partial charge in [-0.1, -0.05) is 36.4 Å². The minimum absolute atomic E-state index is 0.183. The van der Waals surface area contributed by atoms with Crippen LogP contribution in [0.25, 0.3) is 0 Å². The second kappa shape index (κ2) is 8.50. The van der Waals surface area contributed by atoms with Crippen LogP contribution in [0.15, 0.2) is 48.3 Å². The highest BCUT2D eigenvalue weighted by molar-refractivity contribution is 5.26. The third-order valence-electron chi connectivity index (χ3n) is 4.71. The molecule has 0 amide bonds. The number of halogens is 4. The molecule has 0 radical (unpaired) electrons. The molecule has 0 bridgehead atoms. The van der Waals surface area contributed by atoms with E-state index >= 15 is 0 Å². The molecule has 1 saturated carbocycles. The van der Waals surface area contributed by atoms with E-state index in [-0.39, 0.29) is 6.08 Å².